The Morgan fingerprint density at radius 2 is 1.31 bits per heavy atom. The molecule has 13 heteroatoms. The summed E-state index contributed by atoms with van der Waals surface area (Å²) in [7, 11) is -0.508. The van der Waals surface area contributed by atoms with Crippen molar-refractivity contribution in [1.82, 2.24) is 10.6 Å². The summed E-state index contributed by atoms with van der Waals surface area (Å²) in [6.07, 6.45) is 17.9. The van der Waals surface area contributed by atoms with Crippen LogP contribution < -0.4 is 22.1 Å². The Kier molecular flexibility index (Phi) is 23.1. The molecule has 350 valence electrons. The zero-order chi connectivity index (χ0) is 45.2. The van der Waals surface area contributed by atoms with Crippen molar-refractivity contribution in [2.45, 2.75) is 232 Å². The van der Waals surface area contributed by atoms with Crippen molar-refractivity contribution >= 4 is 36.3 Å². The van der Waals surface area contributed by atoms with E-state index in [1.54, 1.807) is 6.92 Å². The smallest absolute Gasteiger partial charge is 0.405 e. The average Bonchev–Trinajstić information content (AvgIpc) is 3.58. The van der Waals surface area contributed by atoms with E-state index in [-0.39, 0.29) is 53.8 Å². The number of hydrogen-bond donors (Lipinski definition) is 5. The summed E-state index contributed by atoms with van der Waals surface area (Å²) in [4.78, 5) is 67.8. The Labute approximate surface area is 369 Å². The predicted octanol–water partition coefficient (Wildman–Crippen LogP) is 7.54. The summed E-state index contributed by atoms with van der Waals surface area (Å²) in [5, 5.41) is 16.3. The molecule has 1 aliphatic heterocycles. The number of aliphatic hydroxyl groups is 1. The number of rotatable bonds is 34. The molecule has 1 heterocycles. The van der Waals surface area contributed by atoms with E-state index >= 15 is 0 Å². The maximum Gasteiger partial charge on any atom is 0.461 e. The fourth-order valence-corrected chi connectivity index (χ4v) is 10.3. The van der Waals surface area contributed by atoms with Crippen LogP contribution in [0.5, 0.6) is 0 Å². The van der Waals surface area contributed by atoms with Crippen LogP contribution >= 0.6 is 0 Å². The van der Waals surface area contributed by atoms with Gasteiger partial charge in [0.1, 0.15) is 11.8 Å². The summed E-state index contributed by atoms with van der Waals surface area (Å²) in [6.45, 7) is 14.9. The number of carbonyl (C=O) groups is 5. The van der Waals surface area contributed by atoms with Gasteiger partial charge in [-0.3, -0.25) is 24.0 Å². The minimum Gasteiger partial charge on any atom is -0.405 e. The van der Waals surface area contributed by atoms with Gasteiger partial charge in [-0.1, -0.05) is 105 Å². The Bertz CT molecular complexity index is 1380. The van der Waals surface area contributed by atoms with Gasteiger partial charge >= 0.3 is 7.12 Å². The number of hydrogen-bond acceptors (Lipinski definition) is 10. The van der Waals surface area contributed by atoms with Crippen molar-refractivity contribution in [2.75, 3.05) is 13.1 Å². The van der Waals surface area contributed by atoms with Crippen LogP contribution in [-0.2, 0) is 33.3 Å². The third-order valence-corrected chi connectivity index (χ3v) is 14.6. The standard InChI is InChI=1S/C48H87BN4O8/c1-8-9-10-11-12-13-14-15-16-17-18-24-38(55)30-36(23-19-21-26-50)46(59)53-44(35(4)54)41(57)28-33(2)45(58)52-39(25-20-22-27-51)40(56)29-34(3)49-60-43-32-37-31-42(47(37,5)6)48(43,7)61-49/h33-37,39,42-44,54H,8-32,50-51H2,1-7H3,(H,52,58)(H,53,59)/t33-,34-,35-,36-,37+,39+,42+,43?,44+,48+/m1/s1. The second-order valence-electron chi connectivity index (χ2n) is 20.1. The fourth-order valence-electron chi connectivity index (χ4n) is 10.3. The molecule has 12 nitrogen and oxygen atoms in total. The monoisotopic (exact) mass is 859 g/mol. The van der Waals surface area contributed by atoms with Crippen LogP contribution in [0.3, 0.4) is 0 Å². The van der Waals surface area contributed by atoms with E-state index in [1.807, 2.05) is 6.92 Å². The normalized spacial score (nSPS) is 24.4. The second-order valence-corrected chi connectivity index (χ2v) is 20.1. The highest BCUT2D eigenvalue weighted by atomic mass is 16.7. The molecule has 7 N–H and O–H groups in total. The van der Waals surface area contributed by atoms with Gasteiger partial charge < -0.3 is 36.5 Å². The Morgan fingerprint density at radius 1 is 0.721 bits per heavy atom. The highest BCUT2D eigenvalue weighted by Crippen LogP contribution is 2.66. The first-order valence-electron chi connectivity index (χ1n) is 24.6. The Balaban J connectivity index is 1.51. The first-order chi connectivity index (χ1) is 29.0. The first kappa shape index (κ1) is 53.2. The molecule has 4 aliphatic rings. The summed E-state index contributed by atoms with van der Waals surface area (Å²) >= 11 is 0. The van der Waals surface area contributed by atoms with Gasteiger partial charge in [0.25, 0.3) is 0 Å². The molecule has 2 bridgehead atoms. The predicted molar refractivity (Wildman–Crippen MR) is 243 cm³/mol. The summed E-state index contributed by atoms with van der Waals surface area (Å²) in [5.41, 5.74) is 11.3. The third-order valence-electron chi connectivity index (χ3n) is 14.6. The van der Waals surface area contributed by atoms with Crippen LogP contribution in [-0.4, -0.2) is 84.4 Å². The minimum absolute atomic E-state index is 0.00844. The largest absolute Gasteiger partial charge is 0.461 e. The Morgan fingerprint density at radius 3 is 1.89 bits per heavy atom. The fraction of sp³-hybridized carbons (Fsp3) is 0.896. The molecule has 2 amide bonds. The molecule has 1 unspecified atom stereocenters. The molecular weight excluding hydrogens is 771 g/mol. The first-order valence-corrected chi connectivity index (χ1v) is 24.6. The maximum absolute atomic E-state index is 13.8. The minimum atomic E-state index is -1.25. The number of ketones is 3. The summed E-state index contributed by atoms with van der Waals surface area (Å²) in [5.74, 6) is -2.18. The molecule has 0 aromatic carbocycles. The van der Waals surface area contributed by atoms with Crippen LogP contribution in [0.1, 0.15) is 196 Å². The van der Waals surface area contributed by atoms with Crippen molar-refractivity contribution in [1.29, 1.82) is 0 Å². The lowest BCUT2D eigenvalue weighted by Crippen LogP contribution is -2.65. The van der Waals surface area contributed by atoms with E-state index in [0.29, 0.717) is 69.9 Å². The number of Topliss-reactive ketones (excluding diaryl/α,β-unsaturated/α-hetero) is 3. The zero-order valence-electron chi connectivity index (χ0n) is 39.4. The molecule has 61 heavy (non-hydrogen) atoms. The van der Waals surface area contributed by atoms with Gasteiger partial charge in [0, 0.05) is 37.5 Å². The van der Waals surface area contributed by atoms with E-state index in [0.717, 1.165) is 32.1 Å². The van der Waals surface area contributed by atoms with Gasteiger partial charge in [0.15, 0.2) is 11.6 Å². The van der Waals surface area contributed by atoms with Crippen LogP contribution in [0.25, 0.3) is 0 Å². The number of carbonyl (C=O) groups excluding carboxylic acids is 5. The molecule has 4 rings (SSSR count). The van der Waals surface area contributed by atoms with Gasteiger partial charge in [0.05, 0.1) is 23.9 Å². The molecular formula is C48H87BN4O8. The number of aliphatic hydroxyl groups excluding tert-OH is 1. The molecule has 4 fully saturated rings. The number of amides is 2. The van der Waals surface area contributed by atoms with E-state index in [4.69, 9.17) is 20.8 Å². The van der Waals surface area contributed by atoms with Crippen LogP contribution in [0, 0.1) is 29.1 Å². The molecule has 0 spiro atoms. The molecule has 0 radical (unpaired) electrons. The SMILES string of the molecule is CCCCCCCCCCCCCC(=O)C[C@@H](CCCCN)C(=O)N[C@H](C(=O)C[C@@H](C)C(=O)N[C@@H](CCCCN)C(=O)C[C@@H](C)B1OC2C[C@@H]3C[C@@H](C3(C)C)[C@]2(C)O1)[C@@H](C)O. The quantitative estimate of drug-likeness (QED) is 0.0318. The van der Waals surface area contributed by atoms with Gasteiger partial charge in [-0.05, 0) is 101 Å². The molecule has 1 saturated heterocycles. The summed E-state index contributed by atoms with van der Waals surface area (Å²) in [6, 6.07) is -2.02. The van der Waals surface area contributed by atoms with Gasteiger partial charge in [-0.2, -0.15) is 0 Å². The van der Waals surface area contributed by atoms with Crippen LogP contribution in [0.15, 0.2) is 0 Å². The average molecular weight is 859 g/mol. The zero-order valence-corrected chi connectivity index (χ0v) is 39.4. The number of nitrogens with two attached hydrogens (primary N) is 2. The van der Waals surface area contributed by atoms with Crippen molar-refractivity contribution in [3.8, 4) is 0 Å². The van der Waals surface area contributed by atoms with E-state index < -0.39 is 54.7 Å². The van der Waals surface area contributed by atoms with Crippen LogP contribution in [0.4, 0.5) is 0 Å². The lowest BCUT2D eigenvalue weighted by molar-refractivity contribution is -0.199. The van der Waals surface area contributed by atoms with Crippen LogP contribution in [0.2, 0.25) is 5.82 Å². The van der Waals surface area contributed by atoms with E-state index in [9.17, 15) is 29.1 Å². The highest BCUT2D eigenvalue weighted by Gasteiger charge is 2.68. The maximum atomic E-state index is 13.8. The molecule has 10 atom stereocenters. The van der Waals surface area contributed by atoms with Crippen molar-refractivity contribution in [3.05, 3.63) is 0 Å². The van der Waals surface area contributed by atoms with Gasteiger partial charge in [-0.15, -0.1) is 0 Å². The third kappa shape index (κ3) is 16.1. The molecule has 0 aromatic rings. The highest BCUT2D eigenvalue weighted by molar-refractivity contribution is 6.47. The van der Waals surface area contributed by atoms with Crippen molar-refractivity contribution < 1.29 is 38.4 Å². The number of nitrogens with one attached hydrogen (secondary N) is 2. The summed E-state index contributed by atoms with van der Waals surface area (Å²) < 4.78 is 13.1. The molecule has 0 aromatic heterocycles. The van der Waals surface area contributed by atoms with Gasteiger partial charge in [0.2, 0.25) is 11.8 Å². The lowest BCUT2D eigenvalue weighted by atomic mass is 9.43. The molecule has 3 aliphatic carbocycles. The van der Waals surface area contributed by atoms with Gasteiger partial charge in [-0.25, -0.2) is 0 Å². The van der Waals surface area contributed by atoms with Crippen molar-refractivity contribution in [2.24, 2.45) is 40.6 Å². The molecule has 3 saturated carbocycles. The topological polar surface area (TPSA) is 200 Å². The lowest BCUT2D eigenvalue weighted by Gasteiger charge is -2.64. The number of unbranched alkanes of at least 4 members (excludes halogenated alkanes) is 12. The van der Waals surface area contributed by atoms with E-state index in [2.05, 4.69) is 38.3 Å². The van der Waals surface area contributed by atoms with E-state index in [1.165, 1.54) is 58.3 Å². The second kappa shape index (κ2) is 26.6. The van der Waals surface area contributed by atoms with Crippen molar-refractivity contribution in [3.63, 3.8) is 0 Å². The Hall–Kier alpha value is -2.19.